The van der Waals surface area contributed by atoms with Crippen LogP contribution in [0.4, 0.5) is 19.0 Å². The zero-order valence-corrected chi connectivity index (χ0v) is 14.2. The fourth-order valence-corrected chi connectivity index (χ4v) is 2.25. The first kappa shape index (κ1) is 20.5. The molecule has 1 heterocycles. The number of pyridine rings is 1. The average molecular weight is 367 g/mol. The first-order valence-corrected chi connectivity index (χ1v) is 8.11. The summed E-state index contributed by atoms with van der Waals surface area (Å²) >= 11 is 5.77. The third-order valence-electron chi connectivity index (χ3n) is 3.37. The molecule has 0 aliphatic rings. The Morgan fingerprint density at radius 2 is 2.17 bits per heavy atom. The molecule has 0 radical (unpaired) electrons. The highest BCUT2D eigenvalue weighted by atomic mass is 35.5. The van der Waals surface area contributed by atoms with E-state index < -0.39 is 11.7 Å². The van der Waals surface area contributed by atoms with Gasteiger partial charge in [0.1, 0.15) is 5.82 Å². The van der Waals surface area contributed by atoms with Crippen molar-refractivity contribution in [3.05, 3.63) is 22.8 Å². The van der Waals surface area contributed by atoms with Crippen molar-refractivity contribution in [1.82, 2.24) is 10.3 Å². The van der Waals surface area contributed by atoms with Crippen LogP contribution in [0.5, 0.6) is 0 Å². The van der Waals surface area contributed by atoms with Gasteiger partial charge < -0.3 is 16.4 Å². The highest BCUT2D eigenvalue weighted by molar-refractivity contribution is 6.32. The normalized spacial score (nSPS) is 12.8. The number of carbonyl (C=O) groups is 1. The van der Waals surface area contributed by atoms with Gasteiger partial charge in [-0.25, -0.2) is 4.98 Å². The fourth-order valence-electron chi connectivity index (χ4n) is 2.02. The Kier molecular flexibility index (Phi) is 8.27. The van der Waals surface area contributed by atoms with Crippen LogP contribution in [0.2, 0.25) is 5.02 Å². The van der Waals surface area contributed by atoms with E-state index in [1.165, 1.54) is 0 Å². The molecular weight excluding hydrogens is 345 g/mol. The number of carbonyl (C=O) groups excluding carboxylic acids is 1. The van der Waals surface area contributed by atoms with E-state index in [4.69, 9.17) is 17.3 Å². The van der Waals surface area contributed by atoms with Gasteiger partial charge >= 0.3 is 6.18 Å². The van der Waals surface area contributed by atoms with Crippen molar-refractivity contribution in [2.45, 2.75) is 44.8 Å². The van der Waals surface area contributed by atoms with Gasteiger partial charge in [-0.1, -0.05) is 31.4 Å². The van der Waals surface area contributed by atoms with E-state index in [-0.39, 0.29) is 35.8 Å². The largest absolute Gasteiger partial charge is 0.417 e. The second-order valence-electron chi connectivity index (χ2n) is 5.37. The molecule has 0 bridgehead atoms. The summed E-state index contributed by atoms with van der Waals surface area (Å²) in [4.78, 5) is 15.5. The lowest BCUT2D eigenvalue weighted by Crippen LogP contribution is -2.40. The summed E-state index contributed by atoms with van der Waals surface area (Å²) in [6.07, 6.45) is -0.841. The predicted molar refractivity (Wildman–Crippen MR) is 87.9 cm³/mol. The molecule has 24 heavy (non-hydrogen) atoms. The fraction of sp³-hybridized carbons (Fsp3) is 0.600. The van der Waals surface area contributed by atoms with Gasteiger partial charge in [-0.05, 0) is 12.5 Å². The Balaban J connectivity index is 2.45. The third kappa shape index (κ3) is 6.92. The van der Waals surface area contributed by atoms with Crippen molar-refractivity contribution in [3.8, 4) is 0 Å². The van der Waals surface area contributed by atoms with Gasteiger partial charge in [-0.3, -0.25) is 4.79 Å². The smallest absolute Gasteiger partial charge is 0.368 e. The maximum absolute atomic E-state index is 12.5. The number of unbranched alkanes of at least 4 members (excludes halogenated alkanes) is 1. The number of anilines is 1. The van der Waals surface area contributed by atoms with Crippen LogP contribution >= 0.6 is 11.6 Å². The minimum absolute atomic E-state index is 0.0646. The second-order valence-corrected chi connectivity index (χ2v) is 5.78. The molecule has 0 aliphatic heterocycles. The highest BCUT2D eigenvalue weighted by Crippen LogP contribution is 2.32. The van der Waals surface area contributed by atoms with Gasteiger partial charge in [-0.15, -0.1) is 0 Å². The zero-order valence-electron chi connectivity index (χ0n) is 13.4. The first-order chi connectivity index (χ1) is 11.3. The van der Waals surface area contributed by atoms with Crippen LogP contribution in [-0.4, -0.2) is 30.0 Å². The molecule has 1 atom stereocenters. The SMILES string of the molecule is CCCCC(CN)NC(=O)CCNc1ncc(C(F)(F)F)cc1Cl. The second kappa shape index (κ2) is 9.68. The lowest BCUT2D eigenvalue weighted by molar-refractivity contribution is -0.137. The molecule has 0 saturated heterocycles. The molecule has 0 fully saturated rings. The minimum atomic E-state index is -4.50. The van der Waals surface area contributed by atoms with E-state index in [0.717, 1.165) is 25.3 Å². The number of nitrogens with two attached hydrogens (primary N) is 1. The molecule has 1 aromatic rings. The Morgan fingerprint density at radius 3 is 2.71 bits per heavy atom. The first-order valence-electron chi connectivity index (χ1n) is 7.74. The zero-order chi connectivity index (χ0) is 18.2. The number of amides is 1. The van der Waals surface area contributed by atoms with E-state index in [9.17, 15) is 18.0 Å². The molecule has 4 N–H and O–H groups in total. The summed E-state index contributed by atoms with van der Waals surface area (Å²) in [5, 5.41) is 5.43. The number of aromatic nitrogens is 1. The summed E-state index contributed by atoms with van der Waals surface area (Å²) < 4.78 is 37.6. The van der Waals surface area contributed by atoms with E-state index >= 15 is 0 Å². The predicted octanol–water partition coefficient (Wildman–Crippen LogP) is 3.19. The maximum atomic E-state index is 12.5. The van der Waals surface area contributed by atoms with Crippen molar-refractivity contribution in [2.24, 2.45) is 5.73 Å². The Bertz CT molecular complexity index is 540. The van der Waals surface area contributed by atoms with Crippen LogP contribution in [-0.2, 0) is 11.0 Å². The molecule has 0 spiro atoms. The van der Waals surface area contributed by atoms with Gasteiger partial charge in [0.25, 0.3) is 0 Å². The molecule has 5 nitrogen and oxygen atoms in total. The summed E-state index contributed by atoms with van der Waals surface area (Å²) in [6, 6.07) is 0.733. The van der Waals surface area contributed by atoms with Crippen LogP contribution in [0, 0.1) is 0 Å². The van der Waals surface area contributed by atoms with Crippen LogP contribution in [0.15, 0.2) is 12.3 Å². The van der Waals surface area contributed by atoms with Gasteiger partial charge in [0.15, 0.2) is 0 Å². The summed E-state index contributed by atoms with van der Waals surface area (Å²) in [5.41, 5.74) is 4.68. The number of alkyl halides is 3. The topological polar surface area (TPSA) is 80.0 Å². The number of rotatable bonds is 9. The molecule has 1 amide bonds. The van der Waals surface area contributed by atoms with Crippen LogP contribution in [0.25, 0.3) is 0 Å². The quantitative estimate of drug-likeness (QED) is 0.627. The molecule has 1 aromatic heterocycles. The van der Waals surface area contributed by atoms with Crippen molar-refractivity contribution < 1.29 is 18.0 Å². The van der Waals surface area contributed by atoms with Crippen molar-refractivity contribution in [1.29, 1.82) is 0 Å². The van der Waals surface area contributed by atoms with Crippen molar-refractivity contribution in [2.75, 3.05) is 18.4 Å². The lowest BCUT2D eigenvalue weighted by atomic mass is 10.1. The molecule has 9 heteroatoms. The maximum Gasteiger partial charge on any atom is 0.417 e. The number of nitrogens with one attached hydrogen (secondary N) is 2. The number of halogens is 4. The molecule has 136 valence electrons. The summed E-state index contributed by atoms with van der Waals surface area (Å²) in [7, 11) is 0. The van der Waals surface area contributed by atoms with Crippen LogP contribution in [0.3, 0.4) is 0 Å². The van der Waals surface area contributed by atoms with Gasteiger partial charge in [0.2, 0.25) is 5.91 Å². The number of hydrogen-bond acceptors (Lipinski definition) is 4. The van der Waals surface area contributed by atoms with Gasteiger partial charge in [-0.2, -0.15) is 13.2 Å². The Morgan fingerprint density at radius 1 is 1.46 bits per heavy atom. The van der Waals surface area contributed by atoms with Crippen LogP contribution in [0.1, 0.15) is 38.2 Å². The lowest BCUT2D eigenvalue weighted by Gasteiger charge is -2.16. The standard InChI is InChI=1S/C15H22ClF3N4O/c1-2-3-4-11(8-20)23-13(24)5-6-21-14-12(16)7-10(9-22-14)15(17,18)19/h7,9,11H,2-6,8,20H2,1H3,(H,21,22)(H,23,24). The Labute approximate surface area is 144 Å². The van der Waals surface area contributed by atoms with E-state index in [2.05, 4.69) is 22.5 Å². The van der Waals surface area contributed by atoms with Crippen molar-refractivity contribution in [3.63, 3.8) is 0 Å². The van der Waals surface area contributed by atoms with E-state index in [1.54, 1.807) is 0 Å². The molecule has 1 unspecified atom stereocenters. The number of hydrogen-bond donors (Lipinski definition) is 3. The van der Waals surface area contributed by atoms with Crippen LogP contribution < -0.4 is 16.4 Å². The monoisotopic (exact) mass is 366 g/mol. The highest BCUT2D eigenvalue weighted by Gasteiger charge is 2.31. The van der Waals surface area contributed by atoms with Crippen molar-refractivity contribution >= 4 is 23.3 Å². The molecule has 0 aliphatic carbocycles. The molecule has 0 aromatic carbocycles. The Hall–Kier alpha value is -1.54. The molecule has 0 saturated carbocycles. The number of nitrogens with zero attached hydrogens (tertiary/aromatic N) is 1. The summed E-state index contributed by atoms with van der Waals surface area (Å²) in [5.74, 6) is -0.0732. The van der Waals surface area contributed by atoms with E-state index in [1.807, 2.05) is 0 Å². The minimum Gasteiger partial charge on any atom is -0.368 e. The van der Waals surface area contributed by atoms with Gasteiger partial charge in [0.05, 0.1) is 10.6 Å². The van der Waals surface area contributed by atoms with E-state index in [0.29, 0.717) is 12.7 Å². The van der Waals surface area contributed by atoms with Gasteiger partial charge in [0, 0.05) is 31.7 Å². The molecule has 1 rings (SSSR count). The third-order valence-corrected chi connectivity index (χ3v) is 3.66. The molecular formula is C15H22ClF3N4O. The average Bonchev–Trinajstić information content (AvgIpc) is 2.51. The summed E-state index contributed by atoms with van der Waals surface area (Å²) in [6.45, 7) is 2.63.